The van der Waals surface area contributed by atoms with Crippen LogP contribution in [0.25, 0.3) is 0 Å². The van der Waals surface area contributed by atoms with E-state index in [1.165, 1.54) is 11.8 Å². The highest BCUT2D eigenvalue weighted by Crippen LogP contribution is 2.25. The zero-order chi connectivity index (χ0) is 15.9. The van der Waals surface area contributed by atoms with Crippen molar-refractivity contribution < 1.29 is 9.59 Å². The van der Waals surface area contributed by atoms with Gasteiger partial charge in [0.05, 0.1) is 11.3 Å². The van der Waals surface area contributed by atoms with Gasteiger partial charge >= 0.3 is 0 Å². The third-order valence-electron chi connectivity index (χ3n) is 3.88. The van der Waals surface area contributed by atoms with Crippen LogP contribution in [0.3, 0.4) is 0 Å². The third kappa shape index (κ3) is 5.71. The molecule has 7 heteroatoms. The molecule has 2 amide bonds. The summed E-state index contributed by atoms with van der Waals surface area (Å²) in [7, 11) is 1.96. The van der Waals surface area contributed by atoms with Gasteiger partial charge in [-0.1, -0.05) is 12.1 Å². The van der Waals surface area contributed by atoms with Crippen LogP contribution >= 0.6 is 24.2 Å². The maximum absolute atomic E-state index is 12.7. The van der Waals surface area contributed by atoms with Gasteiger partial charge in [-0.25, -0.2) is 0 Å². The highest BCUT2D eigenvalue weighted by atomic mass is 35.5. The maximum atomic E-state index is 12.7. The Kier molecular flexibility index (Phi) is 8.44. The summed E-state index contributed by atoms with van der Waals surface area (Å²) in [5, 5.41) is 3.20. The predicted octanol–water partition coefficient (Wildman–Crippen LogP) is 1.76. The number of rotatable bonds is 6. The Morgan fingerprint density at radius 2 is 1.96 bits per heavy atom. The van der Waals surface area contributed by atoms with Gasteiger partial charge in [0.1, 0.15) is 0 Å². The van der Waals surface area contributed by atoms with Crippen molar-refractivity contribution in [1.82, 2.24) is 10.2 Å². The molecule has 23 heavy (non-hydrogen) atoms. The molecule has 0 aliphatic carbocycles. The second-order valence-electron chi connectivity index (χ2n) is 5.54. The summed E-state index contributed by atoms with van der Waals surface area (Å²) >= 11 is 1.32. The Labute approximate surface area is 147 Å². The number of benzene rings is 1. The second-order valence-corrected chi connectivity index (χ2v) is 6.56. The monoisotopic (exact) mass is 357 g/mol. The van der Waals surface area contributed by atoms with Crippen LogP contribution in [-0.4, -0.2) is 49.1 Å². The van der Waals surface area contributed by atoms with Crippen molar-refractivity contribution in [2.45, 2.75) is 17.7 Å². The number of halogens is 1. The molecule has 1 heterocycles. The molecule has 0 aromatic heterocycles. The van der Waals surface area contributed by atoms with Gasteiger partial charge in [0.2, 0.25) is 5.91 Å². The van der Waals surface area contributed by atoms with E-state index >= 15 is 0 Å². The molecule has 0 radical (unpaired) electrons. The van der Waals surface area contributed by atoms with E-state index < -0.39 is 0 Å². The summed E-state index contributed by atoms with van der Waals surface area (Å²) in [5.74, 6) is 0.512. The van der Waals surface area contributed by atoms with E-state index in [2.05, 4.69) is 5.32 Å². The number of hydrogen-bond donors (Lipinski definition) is 2. The minimum atomic E-state index is -0.375. The van der Waals surface area contributed by atoms with Crippen molar-refractivity contribution in [3.8, 4) is 0 Å². The summed E-state index contributed by atoms with van der Waals surface area (Å²) in [4.78, 5) is 26.4. The largest absolute Gasteiger partial charge is 0.369 e. The summed E-state index contributed by atoms with van der Waals surface area (Å²) in [5.41, 5.74) is 5.86. The second kappa shape index (κ2) is 9.80. The van der Waals surface area contributed by atoms with E-state index in [4.69, 9.17) is 5.73 Å². The third-order valence-corrected chi connectivity index (χ3v) is 4.98. The first kappa shape index (κ1) is 19.8. The van der Waals surface area contributed by atoms with E-state index in [0.29, 0.717) is 11.5 Å². The molecule has 1 saturated heterocycles. The number of thioether (sulfide) groups is 1. The van der Waals surface area contributed by atoms with Crippen LogP contribution in [0.15, 0.2) is 29.2 Å². The van der Waals surface area contributed by atoms with Crippen LogP contribution in [0.1, 0.15) is 23.2 Å². The average molecular weight is 358 g/mol. The smallest absolute Gasteiger partial charge is 0.254 e. The molecule has 0 bridgehead atoms. The standard InChI is InChI=1S/C16H23N3O2S.ClH/c1-18-10-12-6-8-19(9-7-12)16(21)13-4-2-3-5-14(13)22-11-15(17)20;/h2-5,12,18H,6-11H2,1H3,(H2,17,20);1H. The van der Waals surface area contributed by atoms with Gasteiger partial charge < -0.3 is 16.0 Å². The lowest BCUT2D eigenvalue weighted by Gasteiger charge is -2.32. The minimum absolute atomic E-state index is 0. The van der Waals surface area contributed by atoms with Crippen LogP contribution in [-0.2, 0) is 4.79 Å². The lowest BCUT2D eigenvalue weighted by atomic mass is 9.96. The van der Waals surface area contributed by atoms with Crippen molar-refractivity contribution in [2.75, 3.05) is 32.4 Å². The Morgan fingerprint density at radius 1 is 1.30 bits per heavy atom. The van der Waals surface area contributed by atoms with Crippen LogP contribution in [0.5, 0.6) is 0 Å². The molecule has 0 saturated carbocycles. The molecule has 1 aliphatic heterocycles. The summed E-state index contributed by atoms with van der Waals surface area (Å²) < 4.78 is 0. The van der Waals surface area contributed by atoms with Gasteiger partial charge in [-0.05, 0) is 44.5 Å². The number of nitrogens with one attached hydrogen (secondary N) is 1. The van der Waals surface area contributed by atoms with Crippen molar-refractivity contribution in [2.24, 2.45) is 11.7 Å². The summed E-state index contributed by atoms with van der Waals surface area (Å²) in [6.07, 6.45) is 2.06. The molecule has 128 valence electrons. The highest BCUT2D eigenvalue weighted by molar-refractivity contribution is 8.00. The Morgan fingerprint density at radius 3 is 2.57 bits per heavy atom. The molecule has 0 atom stereocenters. The minimum Gasteiger partial charge on any atom is -0.369 e. The molecular weight excluding hydrogens is 334 g/mol. The fourth-order valence-corrected chi connectivity index (χ4v) is 3.50. The van der Waals surface area contributed by atoms with E-state index in [1.54, 1.807) is 0 Å². The fraction of sp³-hybridized carbons (Fsp3) is 0.500. The molecule has 1 aromatic carbocycles. The topological polar surface area (TPSA) is 75.4 Å². The number of primary amides is 1. The normalized spacial score (nSPS) is 15.1. The number of piperidine rings is 1. The first-order chi connectivity index (χ1) is 10.6. The number of amides is 2. The Bertz CT molecular complexity index is 534. The van der Waals surface area contributed by atoms with E-state index in [9.17, 15) is 9.59 Å². The molecule has 1 aromatic rings. The number of carbonyl (C=O) groups is 2. The Balaban J connectivity index is 0.00000264. The van der Waals surface area contributed by atoms with Crippen LogP contribution in [0, 0.1) is 5.92 Å². The Hall–Kier alpha value is -1.24. The quantitative estimate of drug-likeness (QED) is 0.761. The highest BCUT2D eigenvalue weighted by Gasteiger charge is 2.24. The van der Waals surface area contributed by atoms with E-state index in [1.807, 2.05) is 36.2 Å². The lowest BCUT2D eigenvalue weighted by Crippen LogP contribution is -2.40. The van der Waals surface area contributed by atoms with Gasteiger partial charge in [-0.15, -0.1) is 24.2 Å². The molecule has 1 aliphatic rings. The number of nitrogens with two attached hydrogens (primary N) is 1. The van der Waals surface area contributed by atoms with Gasteiger partial charge in [0.15, 0.2) is 0 Å². The van der Waals surface area contributed by atoms with Gasteiger partial charge in [0, 0.05) is 18.0 Å². The number of carbonyl (C=O) groups excluding carboxylic acids is 2. The van der Waals surface area contributed by atoms with Crippen LogP contribution in [0.4, 0.5) is 0 Å². The number of nitrogens with zero attached hydrogens (tertiary/aromatic N) is 1. The van der Waals surface area contributed by atoms with Crippen molar-refractivity contribution in [3.63, 3.8) is 0 Å². The molecule has 0 spiro atoms. The molecule has 0 unspecified atom stereocenters. The average Bonchev–Trinajstić information content (AvgIpc) is 2.53. The van der Waals surface area contributed by atoms with Crippen molar-refractivity contribution in [3.05, 3.63) is 29.8 Å². The zero-order valence-electron chi connectivity index (χ0n) is 13.3. The SMILES string of the molecule is CNCC1CCN(C(=O)c2ccccc2SCC(N)=O)CC1.Cl. The molecular formula is C16H24ClN3O2S. The van der Waals surface area contributed by atoms with Gasteiger partial charge in [-0.3, -0.25) is 9.59 Å². The number of hydrogen-bond acceptors (Lipinski definition) is 4. The van der Waals surface area contributed by atoms with Gasteiger partial charge in [-0.2, -0.15) is 0 Å². The lowest BCUT2D eigenvalue weighted by molar-refractivity contribution is -0.115. The van der Waals surface area contributed by atoms with Crippen molar-refractivity contribution >= 4 is 36.0 Å². The first-order valence-corrected chi connectivity index (χ1v) is 8.54. The van der Waals surface area contributed by atoms with E-state index in [-0.39, 0.29) is 30.0 Å². The fourth-order valence-electron chi connectivity index (χ4n) is 2.72. The van der Waals surface area contributed by atoms with Crippen molar-refractivity contribution in [1.29, 1.82) is 0 Å². The molecule has 2 rings (SSSR count). The summed E-state index contributed by atoms with van der Waals surface area (Å²) in [6.45, 7) is 2.59. The molecule has 1 fully saturated rings. The first-order valence-electron chi connectivity index (χ1n) is 7.55. The van der Waals surface area contributed by atoms with Crippen LogP contribution < -0.4 is 11.1 Å². The zero-order valence-corrected chi connectivity index (χ0v) is 14.9. The van der Waals surface area contributed by atoms with Crippen LogP contribution in [0.2, 0.25) is 0 Å². The molecule has 5 nitrogen and oxygen atoms in total. The predicted molar refractivity (Wildman–Crippen MR) is 96.2 cm³/mol. The van der Waals surface area contributed by atoms with E-state index in [0.717, 1.165) is 37.4 Å². The summed E-state index contributed by atoms with van der Waals surface area (Å²) in [6, 6.07) is 7.43. The molecule has 3 N–H and O–H groups in total. The maximum Gasteiger partial charge on any atom is 0.254 e. The van der Waals surface area contributed by atoms with Gasteiger partial charge in [0.25, 0.3) is 5.91 Å². The number of likely N-dealkylation sites (tertiary alicyclic amines) is 1.